The van der Waals surface area contributed by atoms with E-state index in [1.165, 1.54) is 5.56 Å². The minimum atomic E-state index is -0.0525. The van der Waals surface area contributed by atoms with E-state index in [1.807, 2.05) is 17.0 Å². The van der Waals surface area contributed by atoms with E-state index in [1.54, 1.807) is 0 Å². The van der Waals surface area contributed by atoms with Gasteiger partial charge in [-0.2, -0.15) is 0 Å². The topological polar surface area (TPSA) is 32.3 Å². The quantitative estimate of drug-likeness (QED) is 0.884. The molecule has 1 fully saturated rings. The highest BCUT2D eigenvalue weighted by atomic mass is 16.2. The van der Waals surface area contributed by atoms with Crippen LogP contribution in [-0.4, -0.2) is 29.9 Å². The molecule has 102 valence electrons. The summed E-state index contributed by atoms with van der Waals surface area (Å²) >= 11 is 0. The molecule has 0 bridgehead atoms. The summed E-state index contributed by atoms with van der Waals surface area (Å²) in [6.45, 7) is 6.37. The predicted octanol–water partition coefficient (Wildman–Crippen LogP) is 2.53. The van der Waals surface area contributed by atoms with Crippen LogP contribution in [0.4, 0.5) is 5.69 Å². The molecule has 3 nitrogen and oxygen atoms in total. The number of likely N-dealkylation sites (tertiary alicyclic amines) is 1. The van der Waals surface area contributed by atoms with Crippen LogP contribution in [-0.2, 0) is 11.2 Å². The molecule has 2 aliphatic heterocycles. The molecular formula is C16H22N2O. The summed E-state index contributed by atoms with van der Waals surface area (Å²) < 4.78 is 0. The Kier molecular flexibility index (Phi) is 3.21. The van der Waals surface area contributed by atoms with Gasteiger partial charge < -0.3 is 10.2 Å². The van der Waals surface area contributed by atoms with Crippen molar-refractivity contribution in [2.24, 2.45) is 11.8 Å². The molecular weight excluding hydrogens is 236 g/mol. The van der Waals surface area contributed by atoms with Gasteiger partial charge in [-0.1, -0.05) is 32.0 Å². The molecule has 1 aromatic carbocycles. The van der Waals surface area contributed by atoms with Gasteiger partial charge in [0.1, 0.15) is 6.04 Å². The third-order valence-electron chi connectivity index (χ3n) is 4.55. The fourth-order valence-corrected chi connectivity index (χ4v) is 3.20. The second kappa shape index (κ2) is 4.87. The van der Waals surface area contributed by atoms with E-state index in [-0.39, 0.29) is 11.9 Å². The van der Waals surface area contributed by atoms with Crippen LogP contribution in [0.2, 0.25) is 0 Å². The largest absolute Gasteiger partial charge is 0.373 e. The van der Waals surface area contributed by atoms with Crippen molar-refractivity contribution in [3.8, 4) is 0 Å². The van der Waals surface area contributed by atoms with E-state index in [0.29, 0.717) is 11.8 Å². The van der Waals surface area contributed by atoms with Gasteiger partial charge in [-0.15, -0.1) is 0 Å². The molecule has 0 aliphatic carbocycles. The van der Waals surface area contributed by atoms with E-state index >= 15 is 0 Å². The smallest absolute Gasteiger partial charge is 0.245 e. The molecule has 0 aromatic heterocycles. The summed E-state index contributed by atoms with van der Waals surface area (Å²) in [4.78, 5) is 14.6. The lowest BCUT2D eigenvalue weighted by Crippen LogP contribution is -2.41. The van der Waals surface area contributed by atoms with E-state index in [2.05, 4.69) is 31.3 Å². The number of fused-ring (bicyclic) bond motifs is 1. The first-order chi connectivity index (χ1) is 9.15. The SMILES string of the molecule is CC(C)C1CCN(C(=O)[C@@H]2Cc3ccccc3N2)C1. The Bertz CT molecular complexity index is 458. The molecule has 3 heteroatoms. The molecule has 2 aliphatic rings. The summed E-state index contributed by atoms with van der Waals surface area (Å²) in [6.07, 6.45) is 1.99. The third-order valence-corrected chi connectivity index (χ3v) is 4.55. The van der Waals surface area contributed by atoms with Gasteiger partial charge in [0.15, 0.2) is 0 Å². The zero-order valence-electron chi connectivity index (χ0n) is 11.7. The van der Waals surface area contributed by atoms with Crippen LogP contribution in [0.25, 0.3) is 0 Å². The Labute approximate surface area is 115 Å². The number of carbonyl (C=O) groups is 1. The number of rotatable bonds is 2. The second-order valence-corrected chi connectivity index (χ2v) is 6.14. The van der Waals surface area contributed by atoms with Crippen molar-refractivity contribution < 1.29 is 4.79 Å². The molecule has 1 amide bonds. The average Bonchev–Trinajstić information content (AvgIpc) is 3.04. The Morgan fingerprint density at radius 3 is 2.84 bits per heavy atom. The van der Waals surface area contributed by atoms with Crippen molar-refractivity contribution in [3.63, 3.8) is 0 Å². The van der Waals surface area contributed by atoms with Crippen LogP contribution in [0.3, 0.4) is 0 Å². The first kappa shape index (κ1) is 12.5. The van der Waals surface area contributed by atoms with Gasteiger partial charge in [0, 0.05) is 25.2 Å². The summed E-state index contributed by atoms with van der Waals surface area (Å²) in [5.74, 6) is 1.62. The first-order valence-corrected chi connectivity index (χ1v) is 7.28. The van der Waals surface area contributed by atoms with Crippen molar-refractivity contribution in [1.29, 1.82) is 0 Å². The molecule has 1 unspecified atom stereocenters. The predicted molar refractivity (Wildman–Crippen MR) is 77.1 cm³/mol. The van der Waals surface area contributed by atoms with E-state index in [9.17, 15) is 4.79 Å². The summed E-state index contributed by atoms with van der Waals surface area (Å²) in [7, 11) is 0. The summed E-state index contributed by atoms with van der Waals surface area (Å²) in [6, 6.07) is 8.17. The minimum absolute atomic E-state index is 0.0525. The maximum absolute atomic E-state index is 12.5. The van der Waals surface area contributed by atoms with Crippen molar-refractivity contribution in [2.75, 3.05) is 18.4 Å². The fourth-order valence-electron chi connectivity index (χ4n) is 3.20. The van der Waals surface area contributed by atoms with Gasteiger partial charge in [0.05, 0.1) is 0 Å². The summed E-state index contributed by atoms with van der Waals surface area (Å²) in [5, 5.41) is 3.36. The Hall–Kier alpha value is -1.51. The Morgan fingerprint density at radius 1 is 1.37 bits per heavy atom. The van der Waals surface area contributed by atoms with Crippen LogP contribution in [0, 0.1) is 11.8 Å². The van der Waals surface area contributed by atoms with Gasteiger partial charge in [-0.05, 0) is 29.9 Å². The Morgan fingerprint density at radius 2 is 2.16 bits per heavy atom. The van der Waals surface area contributed by atoms with E-state index < -0.39 is 0 Å². The normalized spacial score (nSPS) is 25.5. The van der Waals surface area contributed by atoms with Crippen LogP contribution < -0.4 is 5.32 Å². The highest BCUT2D eigenvalue weighted by Crippen LogP contribution is 2.29. The maximum atomic E-state index is 12.5. The maximum Gasteiger partial charge on any atom is 0.245 e. The molecule has 1 N–H and O–H groups in total. The molecule has 3 rings (SSSR count). The van der Waals surface area contributed by atoms with Crippen LogP contribution in [0.5, 0.6) is 0 Å². The van der Waals surface area contributed by atoms with Crippen LogP contribution >= 0.6 is 0 Å². The standard InChI is InChI=1S/C16H22N2O/c1-11(2)13-7-8-18(10-13)16(19)15-9-12-5-3-4-6-14(12)17-15/h3-6,11,13,15,17H,7-10H2,1-2H3/t13?,15-/m0/s1. The highest BCUT2D eigenvalue weighted by Gasteiger charge is 2.34. The third kappa shape index (κ3) is 2.34. The lowest BCUT2D eigenvalue weighted by Gasteiger charge is -2.22. The average molecular weight is 258 g/mol. The number of nitrogens with one attached hydrogen (secondary N) is 1. The Balaban J connectivity index is 1.64. The highest BCUT2D eigenvalue weighted by molar-refractivity contribution is 5.87. The van der Waals surface area contributed by atoms with Gasteiger partial charge in [-0.3, -0.25) is 4.79 Å². The molecule has 1 saturated heterocycles. The molecule has 0 radical (unpaired) electrons. The van der Waals surface area contributed by atoms with Crippen molar-refractivity contribution in [2.45, 2.75) is 32.7 Å². The monoisotopic (exact) mass is 258 g/mol. The van der Waals surface area contributed by atoms with Crippen LogP contribution in [0.1, 0.15) is 25.8 Å². The number of para-hydroxylation sites is 1. The van der Waals surface area contributed by atoms with Crippen molar-refractivity contribution in [1.82, 2.24) is 4.90 Å². The molecule has 0 spiro atoms. The number of amides is 1. The number of hydrogen-bond acceptors (Lipinski definition) is 2. The zero-order chi connectivity index (χ0) is 13.4. The van der Waals surface area contributed by atoms with Gasteiger partial charge in [-0.25, -0.2) is 0 Å². The van der Waals surface area contributed by atoms with Crippen LogP contribution in [0.15, 0.2) is 24.3 Å². The lowest BCUT2D eigenvalue weighted by atomic mass is 9.95. The minimum Gasteiger partial charge on any atom is -0.373 e. The van der Waals surface area contributed by atoms with Crippen molar-refractivity contribution in [3.05, 3.63) is 29.8 Å². The molecule has 0 saturated carbocycles. The number of hydrogen-bond donors (Lipinski definition) is 1. The first-order valence-electron chi connectivity index (χ1n) is 7.28. The fraction of sp³-hybridized carbons (Fsp3) is 0.562. The van der Waals surface area contributed by atoms with Gasteiger partial charge in [0.25, 0.3) is 0 Å². The molecule has 2 heterocycles. The van der Waals surface area contributed by atoms with Gasteiger partial charge >= 0.3 is 0 Å². The van der Waals surface area contributed by atoms with Crippen molar-refractivity contribution >= 4 is 11.6 Å². The van der Waals surface area contributed by atoms with E-state index in [4.69, 9.17) is 0 Å². The molecule has 1 aromatic rings. The number of carbonyl (C=O) groups excluding carboxylic acids is 1. The van der Waals surface area contributed by atoms with E-state index in [0.717, 1.165) is 31.6 Å². The molecule has 2 atom stereocenters. The van der Waals surface area contributed by atoms with Gasteiger partial charge in [0.2, 0.25) is 5.91 Å². The second-order valence-electron chi connectivity index (χ2n) is 6.14. The summed E-state index contributed by atoms with van der Waals surface area (Å²) in [5.41, 5.74) is 2.39. The number of anilines is 1. The number of nitrogens with zero attached hydrogens (tertiary/aromatic N) is 1. The lowest BCUT2D eigenvalue weighted by molar-refractivity contribution is -0.131. The zero-order valence-corrected chi connectivity index (χ0v) is 11.7. The molecule has 19 heavy (non-hydrogen) atoms. The number of benzene rings is 1.